The molecule has 0 saturated carbocycles. The van der Waals surface area contributed by atoms with Crippen LogP contribution in [0.1, 0.15) is 13.3 Å². The molecule has 2 atom stereocenters. The van der Waals surface area contributed by atoms with Crippen LogP contribution in [-0.2, 0) is 4.79 Å². The number of fused-ring (bicyclic) bond motifs is 1. The number of carbonyl (C=O) groups excluding carboxylic acids is 1. The zero-order chi connectivity index (χ0) is 13.9. The van der Waals surface area contributed by atoms with Crippen LogP contribution in [-0.4, -0.2) is 49.2 Å². The maximum Gasteiger partial charge on any atom is 0.267 e. The van der Waals surface area contributed by atoms with Gasteiger partial charge in [-0.05, 0) is 32.0 Å². The van der Waals surface area contributed by atoms with E-state index in [0.717, 1.165) is 32.6 Å². The fourth-order valence-electron chi connectivity index (χ4n) is 2.64. The molecule has 2 aliphatic heterocycles. The molecular weight excluding hydrogens is 292 g/mol. The lowest BCUT2D eigenvalue weighted by Gasteiger charge is -2.34. The SMILES string of the molecule is CC1Oc2ccccc2OC1C(=O)N1CCCNCC1.Cl. The fourth-order valence-corrected chi connectivity index (χ4v) is 2.64. The first-order valence-corrected chi connectivity index (χ1v) is 7.17. The smallest absolute Gasteiger partial charge is 0.267 e. The third-order valence-electron chi connectivity index (χ3n) is 3.74. The number of rotatable bonds is 1. The molecule has 3 rings (SSSR count). The Hall–Kier alpha value is -1.46. The predicted molar refractivity (Wildman–Crippen MR) is 82.3 cm³/mol. The number of hydrogen-bond acceptors (Lipinski definition) is 4. The van der Waals surface area contributed by atoms with Gasteiger partial charge in [-0.2, -0.15) is 0 Å². The van der Waals surface area contributed by atoms with E-state index < -0.39 is 6.10 Å². The lowest BCUT2D eigenvalue weighted by Crippen LogP contribution is -2.51. The molecule has 6 heteroatoms. The molecule has 0 radical (unpaired) electrons. The lowest BCUT2D eigenvalue weighted by molar-refractivity contribution is -0.144. The van der Waals surface area contributed by atoms with Gasteiger partial charge in [0.05, 0.1) is 0 Å². The van der Waals surface area contributed by atoms with E-state index in [9.17, 15) is 4.79 Å². The summed E-state index contributed by atoms with van der Waals surface area (Å²) in [4.78, 5) is 14.5. The first kappa shape index (κ1) is 15.9. The summed E-state index contributed by atoms with van der Waals surface area (Å²) in [5, 5.41) is 3.30. The van der Waals surface area contributed by atoms with Gasteiger partial charge in [0.15, 0.2) is 11.5 Å². The van der Waals surface area contributed by atoms with Crippen LogP contribution in [0.15, 0.2) is 24.3 Å². The Balaban J connectivity index is 0.00000161. The highest BCUT2D eigenvalue weighted by Crippen LogP contribution is 2.33. The maximum absolute atomic E-state index is 12.6. The first-order chi connectivity index (χ1) is 9.75. The standard InChI is InChI=1S/C15H20N2O3.ClH/c1-11-14(15(18)17-9-4-7-16-8-10-17)20-13-6-3-2-5-12(13)19-11;/h2-3,5-6,11,14,16H,4,7-10H2,1H3;1H. The molecule has 1 aromatic carbocycles. The van der Waals surface area contributed by atoms with Gasteiger partial charge in [-0.25, -0.2) is 0 Å². The summed E-state index contributed by atoms with van der Waals surface area (Å²) in [7, 11) is 0. The zero-order valence-electron chi connectivity index (χ0n) is 12.1. The molecule has 116 valence electrons. The summed E-state index contributed by atoms with van der Waals surface area (Å²) in [5.41, 5.74) is 0. The van der Waals surface area contributed by atoms with Crippen LogP contribution in [0.2, 0.25) is 0 Å². The molecule has 0 aliphatic carbocycles. The van der Waals surface area contributed by atoms with E-state index in [1.54, 1.807) is 0 Å². The summed E-state index contributed by atoms with van der Waals surface area (Å²) < 4.78 is 11.7. The average molecular weight is 313 g/mol. The molecule has 21 heavy (non-hydrogen) atoms. The van der Waals surface area contributed by atoms with Crippen LogP contribution in [0.25, 0.3) is 0 Å². The highest BCUT2D eigenvalue weighted by Gasteiger charge is 2.36. The van der Waals surface area contributed by atoms with Crippen LogP contribution in [0.4, 0.5) is 0 Å². The van der Waals surface area contributed by atoms with Crippen molar-refractivity contribution in [2.75, 3.05) is 26.2 Å². The normalized spacial score (nSPS) is 24.7. The molecule has 0 aromatic heterocycles. The second-order valence-electron chi connectivity index (χ2n) is 5.24. The first-order valence-electron chi connectivity index (χ1n) is 7.17. The Bertz CT molecular complexity index is 490. The van der Waals surface area contributed by atoms with Crippen LogP contribution < -0.4 is 14.8 Å². The minimum absolute atomic E-state index is 0. The minimum Gasteiger partial charge on any atom is -0.482 e. The van der Waals surface area contributed by atoms with E-state index >= 15 is 0 Å². The van der Waals surface area contributed by atoms with Crippen molar-refractivity contribution in [3.63, 3.8) is 0 Å². The van der Waals surface area contributed by atoms with Crippen molar-refractivity contribution in [1.82, 2.24) is 10.2 Å². The molecule has 2 unspecified atom stereocenters. The van der Waals surface area contributed by atoms with Crippen molar-refractivity contribution >= 4 is 18.3 Å². The molecule has 1 amide bonds. The number of halogens is 1. The van der Waals surface area contributed by atoms with E-state index in [4.69, 9.17) is 9.47 Å². The Morgan fingerprint density at radius 2 is 1.90 bits per heavy atom. The number of nitrogens with zero attached hydrogens (tertiary/aromatic N) is 1. The van der Waals surface area contributed by atoms with Crippen molar-refractivity contribution in [1.29, 1.82) is 0 Å². The molecule has 1 aromatic rings. The maximum atomic E-state index is 12.6. The van der Waals surface area contributed by atoms with Gasteiger partial charge in [-0.1, -0.05) is 12.1 Å². The second kappa shape index (κ2) is 7.00. The third kappa shape index (κ3) is 3.41. The summed E-state index contributed by atoms with van der Waals surface area (Å²) >= 11 is 0. The topological polar surface area (TPSA) is 50.8 Å². The number of nitrogens with one attached hydrogen (secondary N) is 1. The molecular formula is C15H21ClN2O3. The van der Waals surface area contributed by atoms with Crippen LogP contribution in [0, 0.1) is 0 Å². The fraction of sp³-hybridized carbons (Fsp3) is 0.533. The average Bonchev–Trinajstić information content (AvgIpc) is 2.75. The van der Waals surface area contributed by atoms with Gasteiger partial charge < -0.3 is 19.7 Å². The summed E-state index contributed by atoms with van der Waals surface area (Å²) in [6, 6.07) is 7.49. The van der Waals surface area contributed by atoms with E-state index in [-0.39, 0.29) is 24.4 Å². The number of amides is 1. The quantitative estimate of drug-likeness (QED) is 0.853. The molecule has 2 aliphatic rings. The van der Waals surface area contributed by atoms with E-state index in [0.29, 0.717) is 11.5 Å². The molecule has 1 fully saturated rings. The Morgan fingerprint density at radius 3 is 2.67 bits per heavy atom. The minimum atomic E-state index is -0.553. The molecule has 5 nitrogen and oxygen atoms in total. The predicted octanol–water partition coefficient (Wildman–Crippen LogP) is 1.46. The van der Waals surface area contributed by atoms with Gasteiger partial charge in [0.1, 0.15) is 6.10 Å². The Morgan fingerprint density at radius 1 is 1.19 bits per heavy atom. The number of hydrogen-bond donors (Lipinski definition) is 1. The van der Waals surface area contributed by atoms with Crippen LogP contribution >= 0.6 is 12.4 Å². The van der Waals surface area contributed by atoms with Crippen molar-refractivity contribution in [2.24, 2.45) is 0 Å². The van der Waals surface area contributed by atoms with Gasteiger partial charge in [0, 0.05) is 19.6 Å². The summed E-state index contributed by atoms with van der Waals surface area (Å²) in [5.74, 6) is 1.38. The monoisotopic (exact) mass is 312 g/mol. The Kier molecular flexibility index (Phi) is 5.31. The molecule has 1 saturated heterocycles. The lowest BCUT2D eigenvalue weighted by atomic mass is 10.1. The molecule has 0 spiro atoms. The molecule has 1 N–H and O–H groups in total. The van der Waals surface area contributed by atoms with Gasteiger partial charge in [0.25, 0.3) is 5.91 Å². The van der Waals surface area contributed by atoms with Crippen molar-refractivity contribution < 1.29 is 14.3 Å². The van der Waals surface area contributed by atoms with Crippen LogP contribution in [0.5, 0.6) is 11.5 Å². The highest BCUT2D eigenvalue weighted by atomic mass is 35.5. The van der Waals surface area contributed by atoms with E-state index in [2.05, 4.69) is 5.32 Å². The molecule has 0 bridgehead atoms. The second-order valence-corrected chi connectivity index (χ2v) is 5.24. The van der Waals surface area contributed by atoms with Gasteiger partial charge in [-0.15, -0.1) is 12.4 Å². The van der Waals surface area contributed by atoms with Crippen LogP contribution in [0.3, 0.4) is 0 Å². The van der Waals surface area contributed by atoms with Gasteiger partial charge in [0.2, 0.25) is 6.10 Å². The number of ether oxygens (including phenoxy) is 2. The summed E-state index contributed by atoms with van der Waals surface area (Å²) in [6.45, 7) is 5.19. The van der Waals surface area contributed by atoms with Crippen molar-refractivity contribution in [3.8, 4) is 11.5 Å². The largest absolute Gasteiger partial charge is 0.482 e. The summed E-state index contributed by atoms with van der Waals surface area (Å²) in [6.07, 6.45) is 0.154. The van der Waals surface area contributed by atoms with E-state index in [1.807, 2.05) is 36.1 Å². The number of benzene rings is 1. The zero-order valence-corrected chi connectivity index (χ0v) is 12.9. The van der Waals surface area contributed by atoms with Gasteiger partial charge in [-0.3, -0.25) is 4.79 Å². The highest BCUT2D eigenvalue weighted by molar-refractivity contribution is 5.85. The van der Waals surface area contributed by atoms with Crippen molar-refractivity contribution in [2.45, 2.75) is 25.6 Å². The molecule has 2 heterocycles. The van der Waals surface area contributed by atoms with E-state index in [1.165, 1.54) is 0 Å². The number of carbonyl (C=O) groups is 1. The Labute approximate surface area is 131 Å². The number of para-hydroxylation sites is 2. The van der Waals surface area contributed by atoms with Crippen molar-refractivity contribution in [3.05, 3.63) is 24.3 Å². The van der Waals surface area contributed by atoms with Gasteiger partial charge >= 0.3 is 0 Å². The third-order valence-corrected chi connectivity index (χ3v) is 3.74.